The van der Waals surface area contributed by atoms with Crippen molar-refractivity contribution in [3.8, 4) is 0 Å². The molecule has 0 radical (unpaired) electrons. The molecule has 2 aliphatic rings. The number of rotatable bonds is 10. The highest BCUT2D eigenvalue weighted by Crippen LogP contribution is 2.39. The van der Waals surface area contributed by atoms with Crippen molar-refractivity contribution in [3.05, 3.63) is 73.8 Å². The van der Waals surface area contributed by atoms with E-state index in [1.807, 2.05) is 31.2 Å². The van der Waals surface area contributed by atoms with Crippen molar-refractivity contribution < 1.29 is 31.7 Å². The highest BCUT2D eigenvalue weighted by Gasteiger charge is 2.39. The number of esters is 1. The number of ketones is 1. The monoisotopic (exact) mass is 649 g/mol. The summed E-state index contributed by atoms with van der Waals surface area (Å²) in [5.41, 5.74) is 8.97. The van der Waals surface area contributed by atoms with Gasteiger partial charge in [0, 0.05) is 34.5 Å². The van der Waals surface area contributed by atoms with Crippen LogP contribution in [0.3, 0.4) is 0 Å². The summed E-state index contributed by atoms with van der Waals surface area (Å²) in [5, 5.41) is 8.88. The number of hydrogen-bond acceptors (Lipinski definition) is 12. The lowest BCUT2D eigenvalue weighted by molar-refractivity contribution is -0.152. The number of nitrogens with zero attached hydrogens (tertiary/aromatic N) is 2. The molecule has 3 aromatic rings. The molecule has 1 aliphatic heterocycles. The number of anilines is 1. The number of hydrogen-bond donors (Lipinski definition) is 3. The minimum Gasteiger partial charge on any atom is -0.461 e. The van der Waals surface area contributed by atoms with Crippen LogP contribution >= 0.6 is 22.9 Å². The molecule has 0 saturated heterocycles. The molecule has 0 bridgehead atoms. The average Bonchev–Trinajstić information content (AvgIpc) is 3.53. The van der Waals surface area contributed by atoms with E-state index >= 15 is 0 Å². The number of aromatic nitrogens is 2. The number of nitrogens with one attached hydrogen (secondary N) is 1. The number of thiophene rings is 1. The van der Waals surface area contributed by atoms with Gasteiger partial charge in [-0.1, -0.05) is 17.7 Å². The molecule has 1 aliphatic carbocycles. The van der Waals surface area contributed by atoms with Crippen molar-refractivity contribution in [1.82, 2.24) is 9.97 Å². The van der Waals surface area contributed by atoms with Gasteiger partial charge in [-0.25, -0.2) is 15.1 Å². The van der Waals surface area contributed by atoms with Gasteiger partial charge in [-0.05, 0) is 61.6 Å². The number of aryl methyl sites for hydroxylation is 1. The van der Waals surface area contributed by atoms with Crippen LogP contribution in [0.15, 0.2) is 36.8 Å². The van der Waals surface area contributed by atoms with Crippen LogP contribution in [0.2, 0.25) is 5.02 Å². The summed E-state index contributed by atoms with van der Waals surface area (Å²) in [6, 6.07) is 6.44. The van der Waals surface area contributed by atoms with Crippen molar-refractivity contribution in [2.45, 2.75) is 57.4 Å². The number of benzene rings is 1. The fraction of sp³-hybridized carbons (Fsp3) is 0.429. The first-order chi connectivity index (χ1) is 20.4. The Morgan fingerprint density at radius 2 is 2.05 bits per heavy atom. The molecule has 5 atom stereocenters. The normalized spacial score (nSPS) is 22.5. The zero-order chi connectivity index (χ0) is 30.9. The topological polar surface area (TPSA) is 186 Å². The van der Waals surface area contributed by atoms with Gasteiger partial charge in [-0.15, -0.1) is 11.3 Å². The van der Waals surface area contributed by atoms with Crippen molar-refractivity contribution >= 4 is 50.8 Å². The third kappa shape index (κ3) is 7.40. The van der Waals surface area contributed by atoms with Crippen LogP contribution in [-0.2, 0) is 35.2 Å². The first-order valence-corrected chi connectivity index (χ1v) is 16.3. The maximum atomic E-state index is 13.8. The zero-order valence-corrected chi connectivity index (χ0v) is 25.9. The molecule has 230 valence electrons. The minimum atomic E-state index is -4.20. The van der Waals surface area contributed by atoms with Crippen LogP contribution in [0.4, 0.5) is 5.82 Å². The van der Waals surface area contributed by atoms with E-state index < -0.39 is 34.3 Å². The Bertz CT molecular complexity index is 1630. The Balaban J connectivity index is 1.36. The van der Waals surface area contributed by atoms with E-state index in [1.54, 1.807) is 0 Å². The van der Waals surface area contributed by atoms with Gasteiger partial charge in [0.2, 0.25) is 5.78 Å². The second-order valence-electron chi connectivity index (χ2n) is 10.7. The van der Waals surface area contributed by atoms with Gasteiger partial charge in [-0.3, -0.25) is 13.8 Å². The van der Waals surface area contributed by atoms with Crippen molar-refractivity contribution in [2.75, 3.05) is 18.5 Å². The third-order valence-electron chi connectivity index (χ3n) is 7.52. The summed E-state index contributed by atoms with van der Waals surface area (Å²) in [4.78, 5) is 35.8. The Kier molecular flexibility index (Phi) is 9.46. The lowest BCUT2D eigenvalue weighted by atomic mass is 9.93. The number of ether oxygens (including phenoxy) is 2. The number of fused-ring (bicyclic) bond motifs is 1. The summed E-state index contributed by atoms with van der Waals surface area (Å²) in [6.07, 6.45) is 3.19. The summed E-state index contributed by atoms with van der Waals surface area (Å²) in [5.74, 6) is -1.08. The molecule has 0 spiro atoms. The summed E-state index contributed by atoms with van der Waals surface area (Å²) < 4.78 is 39.3. The van der Waals surface area contributed by atoms with Crippen LogP contribution in [0.5, 0.6) is 0 Å². The van der Waals surface area contributed by atoms with Gasteiger partial charge in [-0.2, -0.15) is 8.42 Å². The maximum absolute atomic E-state index is 13.8. The van der Waals surface area contributed by atoms with E-state index in [9.17, 15) is 18.0 Å². The fourth-order valence-electron chi connectivity index (χ4n) is 5.44. The van der Waals surface area contributed by atoms with Gasteiger partial charge < -0.3 is 20.5 Å². The average molecular weight is 650 g/mol. The Labute approximate surface area is 258 Å². The smallest absolute Gasteiger partial charge is 0.333 e. The van der Waals surface area contributed by atoms with E-state index in [4.69, 9.17) is 36.1 Å². The second kappa shape index (κ2) is 12.9. The van der Waals surface area contributed by atoms with Gasteiger partial charge >= 0.3 is 16.3 Å². The van der Waals surface area contributed by atoms with Crippen LogP contribution < -0.4 is 16.2 Å². The summed E-state index contributed by atoms with van der Waals surface area (Å²) in [7, 11) is -4.20. The van der Waals surface area contributed by atoms with Gasteiger partial charge in [0.1, 0.15) is 30.4 Å². The van der Waals surface area contributed by atoms with Crippen LogP contribution in [0, 0.1) is 12.8 Å². The quantitative estimate of drug-likeness (QED) is 0.216. The lowest BCUT2D eigenvalue weighted by Crippen LogP contribution is -2.35. The molecule has 1 aromatic carbocycles. The molecule has 0 amide bonds. The van der Waals surface area contributed by atoms with E-state index in [-0.39, 0.29) is 30.1 Å². The first kappa shape index (κ1) is 31.4. The summed E-state index contributed by atoms with van der Waals surface area (Å²) >= 11 is 7.65. The molecule has 5 rings (SSSR count). The molecule has 15 heteroatoms. The molecule has 5 N–H and O–H groups in total. The molecule has 1 saturated carbocycles. The van der Waals surface area contributed by atoms with Crippen LogP contribution in [0.1, 0.15) is 62.7 Å². The Morgan fingerprint density at radius 1 is 1.26 bits per heavy atom. The predicted molar refractivity (Wildman–Crippen MR) is 160 cm³/mol. The molecule has 0 unspecified atom stereocenters. The van der Waals surface area contributed by atoms with Gasteiger partial charge in [0.05, 0.1) is 23.7 Å². The predicted octanol–water partition coefficient (Wildman–Crippen LogP) is 3.06. The highest BCUT2D eigenvalue weighted by atomic mass is 35.5. The molecule has 1 fully saturated rings. The number of carbonyl (C=O) groups is 2. The zero-order valence-electron chi connectivity index (χ0n) is 23.5. The minimum absolute atomic E-state index is 0.261. The van der Waals surface area contributed by atoms with Crippen LogP contribution in [0.25, 0.3) is 0 Å². The molecule has 12 nitrogen and oxygen atoms in total. The van der Waals surface area contributed by atoms with Crippen molar-refractivity contribution in [3.63, 3.8) is 0 Å². The molecule has 2 aromatic heterocycles. The second-order valence-corrected chi connectivity index (χ2v) is 13.6. The lowest BCUT2D eigenvalue weighted by Gasteiger charge is -2.26. The standard InChI is InChI=1S/C28H32ClN5O7S2/c1-14(30)28(36)41-23-9-19(7-17(23)12-40-43(31,37)38)34-27-22(11-32-13-33-27)25(35)24-10-20(15(2)42-24)26-21-8-18(29)4-3-16(21)5-6-39-26/h3-4,8,10-11,13-14,17,19,23,26H,5-7,9,12,30H2,1-2H3,(H2,31,37,38)(H,32,33,34)/t14-,17+,19+,23-,26-/m0/s1. The van der Waals surface area contributed by atoms with Gasteiger partial charge in [0.15, 0.2) is 0 Å². The summed E-state index contributed by atoms with van der Waals surface area (Å²) in [6.45, 7) is 3.72. The van der Waals surface area contributed by atoms with E-state index in [0.717, 1.165) is 28.0 Å². The Hall–Kier alpha value is -2.98. The number of carbonyl (C=O) groups excluding carboxylic acids is 2. The van der Waals surface area contributed by atoms with E-state index in [0.29, 0.717) is 35.2 Å². The Morgan fingerprint density at radius 3 is 2.79 bits per heavy atom. The first-order valence-electron chi connectivity index (χ1n) is 13.6. The molecular weight excluding hydrogens is 618 g/mol. The maximum Gasteiger partial charge on any atom is 0.333 e. The van der Waals surface area contributed by atoms with Crippen LogP contribution in [-0.4, -0.2) is 61.5 Å². The molecular formula is C28H32ClN5O7S2. The number of nitrogens with two attached hydrogens (primary N) is 2. The van der Waals surface area contributed by atoms with Gasteiger partial charge in [0.25, 0.3) is 0 Å². The van der Waals surface area contributed by atoms with Crippen molar-refractivity contribution in [2.24, 2.45) is 16.8 Å². The molecule has 3 heterocycles. The van der Waals surface area contributed by atoms with E-state index in [2.05, 4.69) is 15.3 Å². The highest BCUT2D eigenvalue weighted by molar-refractivity contribution is 7.84. The largest absolute Gasteiger partial charge is 0.461 e. The van der Waals surface area contributed by atoms with E-state index in [1.165, 1.54) is 30.8 Å². The van der Waals surface area contributed by atoms with Crippen molar-refractivity contribution in [1.29, 1.82) is 0 Å². The fourth-order valence-corrected chi connectivity index (χ4v) is 6.99. The molecule has 43 heavy (non-hydrogen) atoms. The third-order valence-corrected chi connectivity index (χ3v) is 9.29. The number of halogens is 1. The SMILES string of the molecule is Cc1sc(C(=O)c2cncnc2N[C@@H]2C[C@H](COS(N)(=O)=O)[C@@H](OC(=O)[C@H](C)N)C2)cc1[C@@H]1OCCc2ccc(Cl)cc21.